The number of rotatable bonds is 4. The van der Waals surface area contributed by atoms with E-state index in [9.17, 15) is 12.9 Å². The monoisotopic (exact) mass is 235 g/mol. The van der Waals surface area contributed by atoms with Crippen LogP contribution in [0.2, 0.25) is 0 Å². The van der Waals surface area contributed by atoms with Crippen LogP contribution in [0.15, 0.2) is 12.1 Å². The third kappa shape index (κ3) is 3.52. The van der Waals surface area contributed by atoms with Crippen LogP contribution in [-0.4, -0.2) is 55.5 Å². The molecule has 0 N–H and O–H groups in total. The summed E-state index contributed by atoms with van der Waals surface area (Å²) in [5.74, 6) is 0. The van der Waals surface area contributed by atoms with Gasteiger partial charge in [0.1, 0.15) is 0 Å². The van der Waals surface area contributed by atoms with E-state index in [1.165, 1.54) is 0 Å². The van der Waals surface area contributed by atoms with Crippen LogP contribution in [0.25, 0.3) is 0 Å². The van der Waals surface area contributed by atoms with Gasteiger partial charge in [-0.25, -0.2) is 0 Å². The minimum Gasteiger partial charge on any atom is -0.445 e. The highest BCUT2D eigenvalue weighted by molar-refractivity contribution is 6.66. The minimum atomic E-state index is -4.88. The predicted octanol–water partition coefficient (Wildman–Crippen LogP) is 1.96. The molecule has 1 atom stereocenters. The SMILES string of the molecule is C=C(CN1CCN(CC)C(C)C1)[B-](F)(F)F. The van der Waals surface area contributed by atoms with Gasteiger partial charge in [-0.05, 0) is 20.0 Å². The molecule has 1 saturated heterocycles. The maximum Gasteiger partial charge on any atom is 0.506 e. The number of piperazine rings is 1. The highest BCUT2D eigenvalue weighted by Crippen LogP contribution is 2.20. The van der Waals surface area contributed by atoms with Crippen LogP contribution < -0.4 is 0 Å². The summed E-state index contributed by atoms with van der Waals surface area (Å²) < 4.78 is 37.1. The average Bonchev–Trinajstić information content (AvgIpc) is 2.16. The smallest absolute Gasteiger partial charge is 0.445 e. The molecule has 6 heteroatoms. The van der Waals surface area contributed by atoms with Gasteiger partial charge >= 0.3 is 6.98 Å². The molecule has 1 aliphatic rings. The summed E-state index contributed by atoms with van der Waals surface area (Å²) in [6.07, 6.45) is 0. The fourth-order valence-corrected chi connectivity index (χ4v) is 2.07. The molecular formula is C10H19BF3N2-. The number of halogens is 3. The first kappa shape index (κ1) is 13.6. The van der Waals surface area contributed by atoms with Crippen molar-refractivity contribution in [2.24, 2.45) is 0 Å². The van der Waals surface area contributed by atoms with Gasteiger partial charge in [0, 0.05) is 25.7 Å². The molecule has 1 heterocycles. The molecule has 0 radical (unpaired) electrons. The molecule has 1 rings (SSSR count). The largest absolute Gasteiger partial charge is 0.506 e. The van der Waals surface area contributed by atoms with Crippen molar-refractivity contribution in [3.8, 4) is 0 Å². The van der Waals surface area contributed by atoms with E-state index >= 15 is 0 Å². The van der Waals surface area contributed by atoms with Crippen molar-refractivity contribution in [1.29, 1.82) is 0 Å². The van der Waals surface area contributed by atoms with E-state index in [-0.39, 0.29) is 6.54 Å². The lowest BCUT2D eigenvalue weighted by Crippen LogP contribution is -2.52. The summed E-state index contributed by atoms with van der Waals surface area (Å²) in [6, 6.07) is 0.326. The van der Waals surface area contributed by atoms with Crippen LogP contribution in [0.1, 0.15) is 13.8 Å². The van der Waals surface area contributed by atoms with Gasteiger partial charge in [0.2, 0.25) is 0 Å². The van der Waals surface area contributed by atoms with Crippen molar-refractivity contribution in [3.05, 3.63) is 12.1 Å². The molecule has 0 aliphatic carbocycles. The Bertz CT molecular complexity index is 255. The van der Waals surface area contributed by atoms with Crippen molar-refractivity contribution in [2.45, 2.75) is 19.9 Å². The van der Waals surface area contributed by atoms with Gasteiger partial charge in [-0.15, -0.1) is 12.1 Å². The second-order valence-electron chi connectivity index (χ2n) is 4.45. The van der Waals surface area contributed by atoms with E-state index in [0.29, 0.717) is 19.1 Å². The van der Waals surface area contributed by atoms with Crippen molar-refractivity contribution >= 4 is 6.98 Å². The van der Waals surface area contributed by atoms with Crippen LogP contribution >= 0.6 is 0 Å². The van der Waals surface area contributed by atoms with Gasteiger partial charge in [0.25, 0.3) is 0 Å². The summed E-state index contributed by atoms with van der Waals surface area (Å²) in [4.78, 5) is 4.12. The summed E-state index contributed by atoms with van der Waals surface area (Å²) in [7, 11) is 0. The molecule has 1 fully saturated rings. The van der Waals surface area contributed by atoms with Crippen molar-refractivity contribution < 1.29 is 12.9 Å². The Morgan fingerprint density at radius 3 is 2.44 bits per heavy atom. The minimum absolute atomic E-state index is 0.0363. The van der Waals surface area contributed by atoms with Crippen molar-refractivity contribution in [3.63, 3.8) is 0 Å². The molecule has 0 aromatic carbocycles. The van der Waals surface area contributed by atoms with E-state index in [0.717, 1.165) is 13.1 Å². The molecule has 2 nitrogen and oxygen atoms in total. The molecule has 0 spiro atoms. The molecule has 0 saturated carbocycles. The van der Waals surface area contributed by atoms with Gasteiger partial charge in [0.15, 0.2) is 0 Å². The summed E-state index contributed by atoms with van der Waals surface area (Å²) in [5, 5.41) is 0. The molecule has 0 bridgehead atoms. The lowest BCUT2D eigenvalue weighted by molar-refractivity contribution is 0.0947. The topological polar surface area (TPSA) is 6.48 Å². The first-order valence-corrected chi connectivity index (χ1v) is 5.68. The van der Waals surface area contributed by atoms with Gasteiger partial charge in [0.05, 0.1) is 0 Å². The Morgan fingerprint density at radius 2 is 2.00 bits per heavy atom. The van der Waals surface area contributed by atoms with Crippen molar-refractivity contribution in [1.82, 2.24) is 9.80 Å². The lowest BCUT2D eigenvalue weighted by Gasteiger charge is -2.40. The van der Waals surface area contributed by atoms with Crippen LogP contribution in [0, 0.1) is 0 Å². The molecule has 94 valence electrons. The van der Waals surface area contributed by atoms with E-state index < -0.39 is 12.4 Å². The number of likely N-dealkylation sites (N-methyl/N-ethyl adjacent to an activating group) is 1. The van der Waals surface area contributed by atoms with Gasteiger partial charge < -0.3 is 12.9 Å². The van der Waals surface area contributed by atoms with Crippen LogP contribution in [0.3, 0.4) is 0 Å². The van der Waals surface area contributed by atoms with Gasteiger partial charge in [-0.3, -0.25) is 9.80 Å². The average molecular weight is 235 g/mol. The molecule has 0 amide bonds. The summed E-state index contributed by atoms with van der Waals surface area (Å²) >= 11 is 0. The number of hydrogen-bond donors (Lipinski definition) is 0. The second kappa shape index (κ2) is 5.23. The molecule has 1 aliphatic heterocycles. The van der Waals surface area contributed by atoms with Crippen molar-refractivity contribution in [2.75, 3.05) is 32.7 Å². The Balaban J connectivity index is 2.44. The van der Waals surface area contributed by atoms with E-state index in [1.807, 2.05) is 4.90 Å². The third-order valence-electron chi connectivity index (χ3n) is 3.14. The predicted molar refractivity (Wildman–Crippen MR) is 61.4 cm³/mol. The van der Waals surface area contributed by atoms with Crippen LogP contribution in [0.4, 0.5) is 12.9 Å². The zero-order chi connectivity index (χ0) is 12.3. The molecule has 1 unspecified atom stereocenters. The fourth-order valence-electron chi connectivity index (χ4n) is 2.07. The Morgan fingerprint density at radius 1 is 1.38 bits per heavy atom. The highest BCUT2D eigenvalue weighted by atomic mass is 19.4. The maximum atomic E-state index is 12.4. The van der Waals surface area contributed by atoms with E-state index in [2.05, 4.69) is 25.3 Å². The lowest BCUT2D eigenvalue weighted by atomic mass is 9.80. The molecule has 16 heavy (non-hydrogen) atoms. The Kier molecular flexibility index (Phi) is 4.44. The number of nitrogens with zero attached hydrogens (tertiary/aromatic N) is 2. The van der Waals surface area contributed by atoms with Crippen LogP contribution in [0.5, 0.6) is 0 Å². The van der Waals surface area contributed by atoms with E-state index in [1.54, 1.807) is 0 Å². The zero-order valence-electron chi connectivity index (χ0n) is 9.93. The maximum absolute atomic E-state index is 12.4. The third-order valence-corrected chi connectivity index (χ3v) is 3.14. The second-order valence-corrected chi connectivity index (χ2v) is 4.45. The van der Waals surface area contributed by atoms with E-state index in [4.69, 9.17) is 0 Å². The zero-order valence-corrected chi connectivity index (χ0v) is 9.93. The first-order chi connectivity index (χ1) is 7.34. The standard InChI is InChI=1S/C10H19BF3N2/c1-4-16-6-5-15(8-10(16)3)7-9(2)11(12,13)14/h10H,2,4-8H2,1,3H3/q-1. The molecule has 0 aromatic heterocycles. The highest BCUT2D eigenvalue weighted by Gasteiger charge is 2.29. The van der Waals surface area contributed by atoms with Gasteiger partial charge in [-0.2, -0.15) is 0 Å². The number of hydrogen-bond acceptors (Lipinski definition) is 2. The molecular weight excluding hydrogens is 216 g/mol. The Labute approximate surface area is 95.2 Å². The quantitative estimate of drug-likeness (QED) is 0.687. The Hall–Kier alpha value is -0.485. The first-order valence-electron chi connectivity index (χ1n) is 5.68. The fraction of sp³-hybridized carbons (Fsp3) is 0.800. The van der Waals surface area contributed by atoms with Crippen LogP contribution in [-0.2, 0) is 0 Å². The summed E-state index contributed by atoms with van der Waals surface area (Å²) in [5.41, 5.74) is -0.586. The normalized spacial score (nSPS) is 24.7. The summed E-state index contributed by atoms with van der Waals surface area (Å²) in [6.45, 7) is 5.53. The molecule has 0 aromatic rings. The van der Waals surface area contributed by atoms with Gasteiger partial charge in [-0.1, -0.05) is 6.92 Å².